The fraction of sp³-hybridized carbons (Fsp3) is 0.267. The lowest BCUT2D eigenvalue weighted by molar-refractivity contribution is 0.0524. The van der Waals surface area contributed by atoms with Crippen molar-refractivity contribution in [1.82, 2.24) is 4.57 Å². The molecule has 0 unspecified atom stereocenters. The number of carbonyl (C=O) groups excluding carboxylic acids is 1. The molecule has 0 aliphatic carbocycles. The molecule has 0 aliphatic heterocycles. The molecule has 0 radical (unpaired) electrons. The average molecular weight is 322 g/mol. The van der Waals surface area contributed by atoms with E-state index in [0.717, 1.165) is 6.07 Å². The summed E-state index contributed by atoms with van der Waals surface area (Å²) in [6.45, 7) is 4.11. The van der Waals surface area contributed by atoms with Crippen molar-refractivity contribution in [2.24, 2.45) is 5.73 Å². The predicted molar refractivity (Wildman–Crippen MR) is 85.7 cm³/mol. The number of hydrogen-bond acceptors (Lipinski definition) is 4. The van der Waals surface area contributed by atoms with Crippen LogP contribution in [0.25, 0.3) is 10.9 Å². The maximum atomic E-state index is 14.0. The number of aryl methyl sites for hydroxylation is 1. The molecule has 1 aromatic carbocycles. The molecule has 0 saturated carbocycles. The van der Waals surface area contributed by atoms with Gasteiger partial charge in [0.1, 0.15) is 16.4 Å². The van der Waals surface area contributed by atoms with E-state index < -0.39 is 17.2 Å². The van der Waals surface area contributed by atoms with Gasteiger partial charge in [-0.25, -0.2) is 9.18 Å². The Morgan fingerprint density at radius 2 is 2.05 bits per heavy atom. The average Bonchev–Trinajstić information content (AvgIpc) is 2.47. The van der Waals surface area contributed by atoms with Crippen molar-refractivity contribution in [2.75, 3.05) is 6.61 Å². The smallest absolute Gasteiger partial charge is 0.343 e. The third-order valence-corrected chi connectivity index (χ3v) is 3.49. The van der Waals surface area contributed by atoms with Crippen molar-refractivity contribution in [3.63, 3.8) is 0 Å². The SMILES string of the molecule is CCOC(=O)c1cn(CC)c2cc(C(N)=S)c(F)cc2c1=O. The third-order valence-electron chi connectivity index (χ3n) is 3.27. The summed E-state index contributed by atoms with van der Waals surface area (Å²) in [6, 6.07) is 2.48. The van der Waals surface area contributed by atoms with E-state index in [1.165, 1.54) is 12.3 Å². The first-order valence-corrected chi connectivity index (χ1v) is 7.15. The highest BCUT2D eigenvalue weighted by Crippen LogP contribution is 2.18. The van der Waals surface area contributed by atoms with Gasteiger partial charge in [-0.15, -0.1) is 0 Å². The number of nitrogens with zero attached hydrogens (tertiary/aromatic N) is 1. The van der Waals surface area contributed by atoms with E-state index in [1.807, 2.05) is 6.92 Å². The molecule has 2 aromatic rings. The van der Waals surface area contributed by atoms with E-state index >= 15 is 0 Å². The Labute approximate surface area is 131 Å². The van der Waals surface area contributed by atoms with Crippen LogP contribution in [0.2, 0.25) is 0 Å². The van der Waals surface area contributed by atoms with Crippen molar-refractivity contribution in [3.05, 3.63) is 45.5 Å². The lowest BCUT2D eigenvalue weighted by Crippen LogP contribution is -2.22. The summed E-state index contributed by atoms with van der Waals surface area (Å²) in [6.07, 6.45) is 1.41. The Hall–Kier alpha value is -2.28. The minimum atomic E-state index is -0.726. The topological polar surface area (TPSA) is 74.3 Å². The summed E-state index contributed by atoms with van der Waals surface area (Å²) in [4.78, 5) is 24.2. The molecule has 1 aromatic heterocycles. The second-order valence-corrected chi connectivity index (χ2v) is 5.03. The number of aromatic nitrogens is 1. The Morgan fingerprint density at radius 1 is 1.36 bits per heavy atom. The summed E-state index contributed by atoms with van der Waals surface area (Å²) < 4.78 is 20.6. The standard InChI is InChI=1S/C15H15FN2O3S/c1-3-18-7-10(15(20)21-4-2)13(19)9-5-11(16)8(14(17)22)6-12(9)18/h5-7H,3-4H2,1-2H3,(H2,17,22). The quantitative estimate of drug-likeness (QED) is 0.688. The van der Waals surface area contributed by atoms with Gasteiger partial charge in [0, 0.05) is 23.7 Å². The molecule has 0 saturated heterocycles. The number of nitrogens with two attached hydrogens (primary N) is 1. The van der Waals surface area contributed by atoms with Crippen molar-refractivity contribution in [2.45, 2.75) is 20.4 Å². The molecule has 22 heavy (non-hydrogen) atoms. The van der Waals surface area contributed by atoms with Crippen molar-refractivity contribution < 1.29 is 13.9 Å². The highest BCUT2D eigenvalue weighted by Gasteiger charge is 2.18. The number of pyridine rings is 1. The molecule has 0 atom stereocenters. The van der Waals surface area contributed by atoms with Crippen LogP contribution in [0.1, 0.15) is 29.8 Å². The highest BCUT2D eigenvalue weighted by molar-refractivity contribution is 7.80. The van der Waals surface area contributed by atoms with E-state index in [9.17, 15) is 14.0 Å². The second-order valence-electron chi connectivity index (χ2n) is 4.59. The van der Waals surface area contributed by atoms with Crippen LogP contribution in [0.3, 0.4) is 0 Å². The van der Waals surface area contributed by atoms with Crippen LogP contribution < -0.4 is 11.2 Å². The minimum absolute atomic E-state index is 0.0629. The molecule has 5 nitrogen and oxygen atoms in total. The molecule has 116 valence electrons. The van der Waals surface area contributed by atoms with Gasteiger partial charge in [-0.1, -0.05) is 12.2 Å². The van der Waals surface area contributed by atoms with Crippen molar-refractivity contribution >= 4 is 34.1 Å². The molecule has 0 amide bonds. The third kappa shape index (κ3) is 2.71. The monoisotopic (exact) mass is 322 g/mol. The van der Waals surface area contributed by atoms with E-state index in [4.69, 9.17) is 22.7 Å². The van der Waals surface area contributed by atoms with Gasteiger partial charge in [0.25, 0.3) is 0 Å². The molecule has 0 aliphatic rings. The number of fused-ring (bicyclic) bond motifs is 1. The largest absolute Gasteiger partial charge is 0.462 e. The Balaban J connectivity index is 2.84. The van der Waals surface area contributed by atoms with E-state index in [2.05, 4.69) is 0 Å². The summed E-state index contributed by atoms with van der Waals surface area (Å²) >= 11 is 4.80. The summed E-state index contributed by atoms with van der Waals surface area (Å²) in [5.74, 6) is -1.42. The Bertz CT molecular complexity index is 830. The van der Waals surface area contributed by atoms with Crippen molar-refractivity contribution in [3.8, 4) is 0 Å². The summed E-state index contributed by atoms with van der Waals surface area (Å²) in [5.41, 5.74) is 5.30. The molecular formula is C15H15FN2O3S. The van der Waals surface area contributed by atoms with Crippen LogP contribution >= 0.6 is 12.2 Å². The van der Waals surface area contributed by atoms with Gasteiger partial charge in [0.05, 0.1) is 12.1 Å². The van der Waals surface area contributed by atoms with Crippen molar-refractivity contribution in [1.29, 1.82) is 0 Å². The van der Waals surface area contributed by atoms with Crippen LogP contribution in [0.4, 0.5) is 4.39 Å². The maximum Gasteiger partial charge on any atom is 0.343 e. The lowest BCUT2D eigenvalue weighted by Gasteiger charge is -2.13. The number of carbonyl (C=O) groups is 1. The van der Waals surface area contributed by atoms with E-state index in [0.29, 0.717) is 12.1 Å². The van der Waals surface area contributed by atoms with E-state index in [-0.39, 0.29) is 28.1 Å². The van der Waals surface area contributed by atoms with Crippen LogP contribution in [-0.4, -0.2) is 22.1 Å². The molecule has 0 bridgehead atoms. The molecule has 2 N–H and O–H groups in total. The fourth-order valence-corrected chi connectivity index (χ4v) is 2.37. The number of ether oxygens (including phenoxy) is 1. The first-order valence-electron chi connectivity index (χ1n) is 6.74. The number of hydrogen-bond donors (Lipinski definition) is 1. The van der Waals surface area contributed by atoms with Crippen LogP contribution in [0.15, 0.2) is 23.1 Å². The first kappa shape index (κ1) is 16.1. The zero-order chi connectivity index (χ0) is 16.4. The summed E-state index contributed by atoms with van der Waals surface area (Å²) in [7, 11) is 0. The fourth-order valence-electron chi connectivity index (χ4n) is 2.22. The molecule has 1 heterocycles. The lowest BCUT2D eigenvalue weighted by atomic mass is 10.1. The Morgan fingerprint density at radius 3 is 2.59 bits per heavy atom. The zero-order valence-corrected chi connectivity index (χ0v) is 13.0. The van der Waals surface area contributed by atoms with Gasteiger partial charge in [0.15, 0.2) is 0 Å². The van der Waals surface area contributed by atoms with Crippen LogP contribution in [0.5, 0.6) is 0 Å². The molecular weight excluding hydrogens is 307 g/mol. The molecule has 0 fully saturated rings. The van der Waals surface area contributed by atoms with Crippen LogP contribution in [0, 0.1) is 5.82 Å². The number of benzene rings is 1. The van der Waals surface area contributed by atoms with Gasteiger partial charge in [0.2, 0.25) is 5.43 Å². The maximum absolute atomic E-state index is 14.0. The van der Waals surface area contributed by atoms with Gasteiger partial charge >= 0.3 is 5.97 Å². The first-order chi connectivity index (χ1) is 10.4. The number of thiocarbonyl (C=S) groups is 1. The zero-order valence-electron chi connectivity index (χ0n) is 12.2. The normalized spacial score (nSPS) is 10.7. The van der Waals surface area contributed by atoms with Crippen LogP contribution in [-0.2, 0) is 11.3 Å². The van der Waals surface area contributed by atoms with E-state index in [1.54, 1.807) is 11.5 Å². The van der Waals surface area contributed by atoms with Gasteiger partial charge < -0.3 is 15.0 Å². The Kier molecular flexibility index (Phi) is 4.56. The summed E-state index contributed by atoms with van der Waals surface area (Å²) in [5, 5.41) is 0.0879. The molecule has 7 heteroatoms. The highest BCUT2D eigenvalue weighted by atomic mass is 32.1. The molecule has 0 spiro atoms. The van der Waals surface area contributed by atoms with Gasteiger partial charge in [-0.2, -0.15) is 0 Å². The predicted octanol–water partition coefficient (Wildman–Crippen LogP) is 1.97. The molecule has 2 rings (SSSR count). The van der Waals surface area contributed by atoms with Gasteiger partial charge in [-0.3, -0.25) is 4.79 Å². The number of halogens is 1. The van der Waals surface area contributed by atoms with Gasteiger partial charge in [-0.05, 0) is 26.0 Å². The second kappa shape index (κ2) is 6.23. The number of rotatable bonds is 4. The minimum Gasteiger partial charge on any atom is -0.462 e. The number of esters is 1.